The molecule has 3 nitrogen and oxygen atoms in total. The van der Waals surface area contributed by atoms with Gasteiger partial charge in [-0.05, 0) is 43.7 Å². The summed E-state index contributed by atoms with van der Waals surface area (Å²) in [5.74, 6) is 1.01. The van der Waals surface area contributed by atoms with E-state index in [0.29, 0.717) is 6.04 Å². The lowest BCUT2D eigenvalue weighted by Crippen LogP contribution is -2.47. The van der Waals surface area contributed by atoms with E-state index in [1.807, 2.05) is 6.92 Å². The van der Waals surface area contributed by atoms with Crippen LogP contribution in [0.3, 0.4) is 0 Å². The molecule has 0 bridgehead atoms. The Bertz CT molecular complexity index is 493. The smallest absolute Gasteiger partial charge is 0.241 e. The van der Waals surface area contributed by atoms with Gasteiger partial charge in [-0.25, -0.2) is 0 Å². The fourth-order valence-corrected chi connectivity index (χ4v) is 3.35. The summed E-state index contributed by atoms with van der Waals surface area (Å²) < 4.78 is 0. The number of hydrogen-bond acceptors (Lipinski definition) is 2. The van der Waals surface area contributed by atoms with Crippen LogP contribution in [0.1, 0.15) is 44.0 Å². The molecule has 1 aromatic rings. The third kappa shape index (κ3) is 2.06. The number of benzene rings is 1. The maximum Gasteiger partial charge on any atom is 0.241 e. The van der Waals surface area contributed by atoms with Crippen LogP contribution >= 0.6 is 0 Å². The van der Waals surface area contributed by atoms with Gasteiger partial charge in [0.15, 0.2) is 0 Å². The molecule has 2 aliphatic rings. The molecule has 2 atom stereocenters. The second kappa shape index (κ2) is 4.64. The number of carbonyl (C=O) groups is 1. The van der Waals surface area contributed by atoms with Gasteiger partial charge in [0.05, 0.1) is 6.04 Å². The Morgan fingerprint density at radius 3 is 2.53 bits per heavy atom. The van der Waals surface area contributed by atoms with Crippen LogP contribution in [0, 0.1) is 12.8 Å². The molecular weight excluding hydrogens is 236 g/mol. The summed E-state index contributed by atoms with van der Waals surface area (Å²) in [7, 11) is 0. The van der Waals surface area contributed by atoms with E-state index in [9.17, 15) is 4.79 Å². The zero-order valence-electron chi connectivity index (χ0n) is 11.9. The van der Waals surface area contributed by atoms with Crippen molar-refractivity contribution < 1.29 is 4.79 Å². The van der Waals surface area contributed by atoms with Gasteiger partial charge in [-0.15, -0.1) is 0 Å². The normalized spacial score (nSPS) is 34.5. The van der Waals surface area contributed by atoms with Crippen LogP contribution in [0.2, 0.25) is 0 Å². The molecule has 1 saturated heterocycles. The predicted octanol–water partition coefficient (Wildman–Crippen LogP) is 2.61. The summed E-state index contributed by atoms with van der Waals surface area (Å²) in [6, 6.07) is 8.71. The second-order valence-corrected chi connectivity index (χ2v) is 6.12. The molecule has 19 heavy (non-hydrogen) atoms. The van der Waals surface area contributed by atoms with Crippen molar-refractivity contribution in [2.75, 3.05) is 0 Å². The van der Waals surface area contributed by atoms with Crippen molar-refractivity contribution >= 4 is 5.91 Å². The van der Waals surface area contributed by atoms with Gasteiger partial charge in [-0.3, -0.25) is 10.1 Å². The van der Waals surface area contributed by atoms with E-state index < -0.39 is 0 Å². The van der Waals surface area contributed by atoms with E-state index in [1.54, 1.807) is 0 Å². The van der Waals surface area contributed by atoms with Crippen molar-refractivity contribution in [3.05, 3.63) is 35.4 Å². The Morgan fingerprint density at radius 1 is 1.21 bits per heavy atom. The summed E-state index contributed by atoms with van der Waals surface area (Å²) in [6.07, 6.45) is 2.34. The summed E-state index contributed by atoms with van der Waals surface area (Å²) in [6.45, 7) is 6.35. The van der Waals surface area contributed by atoms with Crippen LogP contribution in [0.4, 0.5) is 0 Å². The average Bonchev–Trinajstić information content (AvgIpc) is 2.63. The van der Waals surface area contributed by atoms with E-state index in [-0.39, 0.29) is 18.1 Å². The molecule has 1 aliphatic heterocycles. The molecule has 0 aromatic heterocycles. The Morgan fingerprint density at radius 2 is 1.89 bits per heavy atom. The maximum absolute atomic E-state index is 12.4. The number of hydrogen-bond donors (Lipinski definition) is 1. The highest BCUT2D eigenvalue weighted by Gasteiger charge is 2.44. The highest BCUT2D eigenvalue weighted by atomic mass is 16.2. The first-order valence-corrected chi connectivity index (χ1v) is 7.21. The molecule has 0 spiro atoms. The molecule has 0 radical (unpaired) electrons. The van der Waals surface area contributed by atoms with Crippen LogP contribution in [0.25, 0.3) is 0 Å². The van der Waals surface area contributed by atoms with Gasteiger partial charge in [0.2, 0.25) is 5.91 Å². The summed E-state index contributed by atoms with van der Waals surface area (Å²) in [4.78, 5) is 14.5. The van der Waals surface area contributed by atoms with Crippen molar-refractivity contribution in [3.63, 3.8) is 0 Å². The van der Waals surface area contributed by atoms with E-state index >= 15 is 0 Å². The third-order valence-electron chi connectivity index (χ3n) is 4.54. The van der Waals surface area contributed by atoms with Crippen LogP contribution in [-0.2, 0) is 4.79 Å². The van der Waals surface area contributed by atoms with Crippen molar-refractivity contribution in [1.29, 1.82) is 0 Å². The highest BCUT2D eigenvalue weighted by Crippen LogP contribution is 2.38. The van der Waals surface area contributed by atoms with Gasteiger partial charge in [0.25, 0.3) is 0 Å². The Hall–Kier alpha value is -1.35. The molecule has 1 heterocycles. The summed E-state index contributed by atoms with van der Waals surface area (Å²) >= 11 is 0. The van der Waals surface area contributed by atoms with Crippen LogP contribution < -0.4 is 5.32 Å². The number of amides is 1. The van der Waals surface area contributed by atoms with E-state index in [4.69, 9.17) is 0 Å². The maximum atomic E-state index is 12.4. The van der Waals surface area contributed by atoms with Gasteiger partial charge in [-0.2, -0.15) is 0 Å². The summed E-state index contributed by atoms with van der Waals surface area (Å²) in [5, 5.41) is 3.45. The van der Waals surface area contributed by atoms with Gasteiger partial charge in [0, 0.05) is 6.04 Å². The Labute approximate surface area is 115 Å². The van der Waals surface area contributed by atoms with Gasteiger partial charge >= 0.3 is 0 Å². The Kier molecular flexibility index (Phi) is 3.09. The lowest BCUT2D eigenvalue weighted by atomic mass is 9.80. The molecule has 1 saturated carbocycles. The molecule has 1 aliphatic carbocycles. The number of nitrogens with zero attached hydrogens (tertiary/aromatic N) is 1. The molecule has 2 fully saturated rings. The standard InChI is InChI=1S/C16H22N2O/c1-10-8-13(9-10)18-15(17-12(3)16(18)19)14-7-5-4-6-11(14)2/h4-7,10,12-13,15,17H,8-9H2,1-3H3. The van der Waals surface area contributed by atoms with Crippen LogP contribution in [0.5, 0.6) is 0 Å². The first-order chi connectivity index (χ1) is 9.08. The van der Waals surface area contributed by atoms with Gasteiger partial charge in [0.1, 0.15) is 6.17 Å². The van der Waals surface area contributed by atoms with Crippen molar-refractivity contribution in [3.8, 4) is 0 Å². The SMILES string of the molecule is Cc1ccccc1C1NC(C)C(=O)N1C1CC(C)C1. The molecule has 2 unspecified atom stereocenters. The van der Waals surface area contributed by atoms with Crippen LogP contribution in [0.15, 0.2) is 24.3 Å². The molecular formula is C16H22N2O. The minimum Gasteiger partial charge on any atom is -0.319 e. The molecule has 3 heteroatoms. The zero-order chi connectivity index (χ0) is 13.6. The minimum atomic E-state index is -0.0690. The van der Waals surface area contributed by atoms with Gasteiger partial charge < -0.3 is 4.90 Å². The first-order valence-electron chi connectivity index (χ1n) is 7.21. The predicted molar refractivity (Wildman–Crippen MR) is 75.5 cm³/mol. The lowest BCUT2D eigenvalue weighted by Gasteiger charge is -2.42. The number of rotatable bonds is 2. The summed E-state index contributed by atoms with van der Waals surface area (Å²) in [5.41, 5.74) is 2.49. The van der Waals surface area contributed by atoms with Gasteiger partial charge in [-0.1, -0.05) is 31.2 Å². The monoisotopic (exact) mass is 258 g/mol. The molecule has 1 N–H and O–H groups in total. The zero-order valence-corrected chi connectivity index (χ0v) is 11.9. The van der Waals surface area contributed by atoms with E-state index in [0.717, 1.165) is 18.8 Å². The second-order valence-electron chi connectivity index (χ2n) is 6.12. The largest absolute Gasteiger partial charge is 0.319 e. The third-order valence-corrected chi connectivity index (χ3v) is 4.54. The first kappa shape index (κ1) is 12.7. The highest BCUT2D eigenvalue weighted by molar-refractivity contribution is 5.84. The topological polar surface area (TPSA) is 32.3 Å². The number of nitrogens with one attached hydrogen (secondary N) is 1. The minimum absolute atomic E-state index is 0.0567. The molecule has 3 rings (SSSR count). The van der Waals surface area contributed by atoms with E-state index in [1.165, 1.54) is 11.1 Å². The average molecular weight is 258 g/mol. The molecule has 102 valence electrons. The molecule has 1 amide bonds. The van der Waals surface area contributed by atoms with Crippen molar-refractivity contribution in [2.24, 2.45) is 5.92 Å². The fraction of sp³-hybridized carbons (Fsp3) is 0.562. The number of carbonyl (C=O) groups excluding carboxylic acids is 1. The Balaban J connectivity index is 1.91. The van der Waals surface area contributed by atoms with Crippen molar-refractivity contribution in [1.82, 2.24) is 10.2 Å². The van der Waals surface area contributed by atoms with Crippen LogP contribution in [-0.4, -0.2) is 22.9 Å². The fourth-order valence-electron chi connectivity index (χ4n) is 3.35. The number of aryl methyl sites for hydroxylation is 1. The lowest BCUT2D eigenvalue weighted by molar-refractivity contribution is -0.134. The van der Waals surface area contributed by atoms with E-state index in [2.05, 4.69) is 48.3 Å². The molecule has 1 aromatic carbocycles. The quantitative estimate of drug-likeness (QED) is 0.884. The van der Waals surface area contributed by atoms with Crippen molar-refractivity contribution in [2.45, 2.75) is 51.9 Å².